The van der Waals surface area contributed by atoms with Gasteiger partial charge in [0.05, 0.1) is 23.8 Å². The number of allylic oxidation sites excluding steroid dienone is 2. The van der Waals surface area contributed by atoms with E-state index in [1.807, 2.05) is 52.6 Å². The van der Waals surface area contributed by atoms with E-state index < -0.39 is 0 Å². The molecule has 0 saturated heterocycles. The molecule has 1 aromatic heterocycles. The van der Waals surface area contributed by atoms with Gasteiger partial charge in [0.2, 0.25) is 6.33 Å². The Hall–Kier alpha value is -2.23. The summed E-state index contributed by atoms with van der Waals surface area (Å²) >= 11 is 0. The van der Waals surface area contributed by atoms with Gasteiger partial charge in [-0.05, 0) is 13.8 Å². The van der Waals surface area contributed by atoms with Crippen LogP contribution >= 0.6 is 0 Å². The third-order valence-electron chi connectivity index (χ3n) is 3.08. The number of rotatable bonds is 2. The zero-order valence-corrected chi connectivity index (χ0v) is 16.2. The Morgan fingerprint density at radius 3 is 2.38 bits per heavy atom. The van der Waals surface area contributed by atoms with Crippen molar-refractivity contribution in [3.8, 4) is 5.69 Å². The second-order valence-corrected chi connectivity index (χ2v) is 5.13. The van der Waals surface area contributed by atoms with E-state index in [1.165, 1.54) is 25.4 Å². The van der Waals surface area contributed by atoms with Crippen LogP contribution < -0.4 is 4.57 Å². The molecule has 0 aliphatic carbocycles. The standard InChI is InChI=1S/C14H11N2.C5H8O2.Ir/c1-15-11-16(12-7-3-2-4-8-12)14-10-6-5-9-13(14)15;1-4(6)3-5(2)7;/h2-7,9-10H,1H3;3,6H,1-2H3;/q-1;;/b;4-3-;. The number of aliphatic hydroxyl groups excluding tert-OH is 1. The van der Waals surface area contributed by atoms with E-state index in [0.29, 0.717) is 0 Å². The van der Waals surface area contributed by atoms with Crippen LogP contribution in [0, 0.1) is 12.4 Å². The molecule has 0 aliphatic rings. The molecule has 24 heavy (non-hydrogen) atoms. The molecule has 0 aliphatic heterocycles. The van der Waals surface area contributed by atoms with Gasteiger partial charge in [-0.3, -0.25) is 4.79 Å². The number of para-hydroxylation sites is 3. The number of hydrogen-bond donors (Lipinski definition) is 1. The fourth-order valence-corrected chi connectivity index (χ4v) is 2.20. The summed E-state index contributed by atoms with van der Waals surface area (Å²) in [5, 5.41) is 8.36. The van der Waals surface area contributed by atoms with Crippen LogP contribution in [0.3, 0.4) is 0 Å². The van der Waals surface area contributed by atoms with E-state index in [2.05, 4.69) is 24.5 Å². The number of aliphatic hydroxyl groups is 1. The Balaban J connectivity index is 0.000000312. The summed E-state index contributed by atoms with van der Waals surface area (Å²) in [5.41, 5.74) is 3.33. The monoisotopic (exact) mass is 500 g/mol. The molecule has 127 valence electrons. The van der Waals surface area contributed by atoms with E-state index in [9.17, 15) is 4.79 Å². The molecule has 0 fully saturated rings. The number of aryl methyl sites for hydroxylation is 1. The summed E-state index contributed by atoms with van der Waals surface area (Å²) in [5.74, 6) is -0.0625. The van der Waals surface area contributed by atoms with E-state index >= 15 is 0 Å². The normalized spacial score (nSPS) is 10.5. The first-order chi connectivity index (χ1) is 11.0. The first kappa shape index (κ1) is 19.8. The second-order valence-electron chi connectivity index (χ2n) is 5.13. The van der Waals surface area contributed by atoms with Crippen LogP contribution in [0.1, 0.15) is 13.8 Å². The van der Waals surface area contributed by atoms with Gasteiger partial charge < -0.3 is 14.2 Å². The third-order valence-corrected chi connectivity index (χ3v) is 3.08. The summed E-state index contributed by atoms with van der Waals surface area (Å²) in [6.45, 7) is 2.85. The fraction of sp³-hybridized carbons (Fsp3) is 0.158. The number of benzene rings is 2. The van der Waals surface area contributed by atoms with Gasteiger partial charge in [0, 0.05) is 26.2 Å². The van der Waals surface area contributed by atoms with Gasteiger partial charge in [0.15, 0.2) is 5.78 Å². The summed E-state index contributed by atoms with van der Waals surface area (Å²) in [4.78, 5) is 10.0. The second kappa shape index (κ2) is 9.16. The molecular formula is C19H19IrN2O2-. The van der Waals surface area contributed by atoms with Gasteiger partial charge in [0.25, 0.3) is 0 Å². The molecule has 2 aromatic carbocycles. The first-order valence-electron chi connectivity index (χ1n) is 7.23. The predicted molar refractivity (Wildman–Crippen MR) is 89.2 cm³/mol. The maximum atomic E-state index is 10.0. The summed E-state index contributed by atoms with van der Waals surface area (Å²) in [6, 6.07) is 19.4. The molecule has 0 bridgehead atoms. The van der Waals surface area contributed by atoms with Crippen molar-refractivity contribution in [3.63, 3.8) is 0 Å². The predicted octanol–water partition coefficient (Wildman–Crippen LogP) is 3.09. The number of imidazole rings is 1. The molecule has 1 N–H and O–H groups in total. The molecule has 0 atom stereocenters. The van der Waals surface area contributed by atoms with E-state index in [-0.39, 0.29) is 31.6 Å². The largest absolute Gasteiger partial charge is 0.512 e. The number of aromatic nitrogens is 2. The van der Waals surface area contributed by atoms with E-state index in [0.717, 1.165) is 11.2 Å². The molecule has 0 saturated carbocycles. The summed E-state index contributed by atoms with van der Waals surface area (Å²) in [6.07, 6.45) is 4.44. The average Bonchev–Trinajstić information content (AvgIpc) is 2.85. The quantitative estimate of drug-likeness (QED) is 0.255. The molecule has 3 rings (SSSR count). The van der Waals surface area contributed by atoms with Crippen LogP contribution in [-0.4, -0.2) is 15.5 Å². The van der Waals surface area contributed by atoms with Crippen molar-refractivity contribution in [2.75, 3.05) is 0 Å². The zero-order valence-electron chi connectivity index (χ0n) is 13.8. The van der Waals surface area contributed by atoms with Crippen molar-refractivity contribution >= 4 is 16.8 Å². The molecule has 5 heteroatoms. The molecule has 0 unspecified atom stereocenters. The molecule has 0 amide bonds. The van der Waals surface area contributed by atoms with Crippen molar-refractivity contribution < 1.29 is 34.6 Å². The average molecular weight is 500 g/mol. The minimum absolute atomic E-state index is 0. The molecule has 0 spiro atoms. The molecule has 1 radical (unpaired) electrons. The maximum Gasteiger partial charge on any atom is 0.242 e. The topological polar surface area (TPSA) is 46.1 Å². The Labute approximate surface area is 155 Å². The molecule has 4 nitrogen and oxygen atoms in total. The van der Waals surface area contributed by atoms with Gasteiger partial charge in [0.1, 0.15) is 0 Å². The van der Waals surface area contributed by atoms with Crippen molar-refractivity contribution in [2.24, 2.45) is 7.05 Å². The van der Waals surface area contributed by atoms with E-state index in [1.54, 1.807) is 0 Å². The Morgan fingerprint density at radius 2 is 1.83 bits per heavy atom. The Morgan fingerprint density at radius 1 is 1.17 bits per heavy atom. The van der Waals surface area contributed by atoms with Crippen LogP contribution in [-0.2, 0) is 31.9 Å². The minimum atomic E-state index is -0.125. The maximum absolute atomic E-state index is 10.0. The van der Waals surface area contributed by atoms with Crippen molar-refractivity contribution in [1.29, 1.82) is 0 Å². The van der Waals surface area contributed by atoms with Crippen LogP contribution in [0.5, 0.6) is 0 Å². The number of ketones is 1. The number of hydrogen-bond acceptors (Lipinski definition) is 2. The first-order valence-corrected chi connectivity index (χ1v) is 7.23. The van der Waals surface area contributed by atoms with Gasteiger partial charge in [-0.1, -0.05) is 30.0 Å². The van der Waals surface area contributed by atoms with Gasteiger partial charge in [-0.2, -0.15) is 30.3 Å². The van der Waals surface area contributed by atoms with Crippen LogP contribution in [0.25, 0.3) is 16.7 Å². The van der Waals surface area contributed by atoms with Gasteiger partial charge in [-0.15, -0.1) is 0 Å². The van der Waals surface area contributed by atoms with Crippen LogP contribution in [0.2, 0.25) is 0 Å². The smallest absolute Gasteiger partial charge is 0.242 e. The summed E-state index contributed by atoms with van der Waals surface area (Å²) in [7, 11) is 2.00. The Bertz CT molecular complexity index is 835. The van der Waals surface area contributed by atoms with Crippen LogP contribution in [0.15, 0.2) is 60.4 Å². The molecule has 1 heterocycles. The SMILES string of the molecule is CC(=O)/C=C(/C)O.Cn1[c-][n+](-c2[c-]cccc2)c2ccccc21.[Ir]. The third kappa shape index (κ3) is 5.15. The minimum Gasteiger partial charge on any atom is -0.512 e. The molecular weight excluding hydrogens is 480 g/mol. The molecule has 3 aromatic rings. The van der Waals surface area contributed by atoms with Gasteiger partial charge >= 0.3 is 0 Å². The number of nitrogens with zero attached hydrogens (tertiary/aromatic N) is 2. The summed E-state index contributed by atoms with van der Waals surface area (Å²) < 4.78 is 4.02. The van der Waals surface area contributed by atoms with Crippen molar-refractivity contribution in [3.05, 3.63) is 72.8 Å². The number of carbonyl (C=O) groups excluding carboxylic acids is 1. The number of fused-ring (bicyclic) bond motifs is 1. The number of carbonyl (C=O) groups is 1. The van der Waals surface area contributed by atoms with Gasteiger partial charge in [-0.25, -0.2) is 0 Å². The van der Waals surface area contributed by atoms with Crippen molar-refractivity contribution in [1.82, 2.24) is 4.57 Å². The fourth-order valence-electron chi connectivity index (χ4n) is 2.20. The van der Waals surface area contributed by atoms with Crippen LogP contribution in [0.4, 0.5) is 0 Å². The van der Waals surface area contributed by atoms with E-state index in [4.69, 9.17) is 5.11 Å². The van der Waals surface area contributed by atoms with Crippen molar-refractivity contribution in [2.45, 2.75) is 13.8 Å². The zero-order chi connectivity index (χ0) is 16.8. The Kier molecular flexibility index (Phi) is 7.56.